The number of piperazine rings is 1. The zero-order chi connectivity index (χ0) is 23.1. The lowest BCUT2D eigenvalue weighted by atomic mass is 10.1. The van der Waals surface area contributed by atoms with E-state index in [0.717, 1.165) is 48.9 Å². The number of carbonyl (C=O) groups excluding carboxylic acids is 1. The van der Waals surface area contributed by atoms with Crippen LogP contribution in [0.15, 0.2) is 52.2 Å². The SMILES string of the molecule is O=C(Cn1cnc2scc(-c3cccs3)c2c1=O)N1CCN(Cc2ccc3c(c2)CCO3)CC1. The van der Waals surface area contributed by atoms with Gasteiger partial charge in [0.25, 0.3) is 5.56 Å². The number of benzene rings is 1. The van der Waals surface area contributed by atoms with Gasteiger partial charge >= 0.3 is 0 Å². The van der Waals surface area contributed by atoms with Crippen LogP contribution in [0.3, 0.4) is 0 Å². The van der Waals surface area contributed by atoms with E-state index in [2.05, 4.69) is 28.1 Å². The predicted octanol–water partition coefficient (Wildman–Crippen LogP) is 3.47. The fraction of sp³-hybridized carbons (Fsp3) is 0.320. The van der Waals surface area contributed by atoms with Crippen molar-refractivity contribution in [2.75, 3.05) is 32.8 Å². The van der Waals surface area contributed by atoms with E-state index < -0.39 is 0 Å². The van der Waals surface area contributed by atoms with Crippen molar-refractivity contribution in [3.63, 3.8) is 0 Å². The van der Waals surface area contributed by atoms with Crippen molar-refractivity contribution in [1.82, 2.24) is 19.4 Å². The highest BCUT2D eigenvalue weighted by molar-refractivity contribution is 7.18. The first-order chi connectivity index (χ1) is 16.7. The number of thiophene rings is 2. The monoisotopic (exact) mass is 492 g/mol. The summed E-state index contributed by atoms with van der Waals surface area (Å²) in [4.78, 5) is 36.7. The quantitative estimate of drug-likeness (QED) is 0.427. The summed E-state index contributed by atoms with van der Waals surface area (Å²) in [5.74, 6) is 0.970. The molecule has 1 fully saturated rings. The molecule has 7 nitrogen and oxygen atoms in total. The Morgan fingerprint density at radius 2 is 2.00 bits per heavy atom. The smallest absolute Gasteiger partial charge is 0.263 e. The van der Waals surface area contributed by atoms with Crippen LogP contribution in [0.2, 0.25) is 0 Å². The van der Waals surface area contributed by atoms with Crippen LogP contribution >= 0.6 is 22.7 Å². The number of hydrogen-bond acceptors (Lipinski definition) is 7. The number of nitrogens with zero attached hydrogens (tertiary/aromatic N) is 4. The van der Waals surface area contributed by atoms with Gasteiger partial charge in [-0.2, -0.15) is 0 Å². The van der Waals surface area contributed by atoms with E-state index in [4.69, 9.17) is 4.74 Å². The van der Waals surface area contributed by atoms with Crippen molar-refractivity contribution in [1.29, 1.82) is 0 Å². The molecule has 6 rings (SSSR count). The molecule has 2 aliphatic heterocycles. The molecular weight excluding hydrogens is 468 g/mol. The van der Waals surface area contributed by atoms with Crippen LogP contribution in [0.4, 0.5) is 0 Å². The second-order valence-electron chi connectivity index (χ2n) is 8.68. The maximum atomic E-state index is 13.2. The lowest BCUT2D eigenvalue weighted by molar-refractivity contribution is -0.133. The van der Waals surface area contributed by atoms with Crippen LogP contribution in [0.25, 0.3) is 20.7 Å². The Morgan fingerprint density at radius 3 is 2.82 bits per heavy atom. The van der Waals surface area contributed by atoms with Crippen molar-refractivity contribution in [3.05, 3.63) is 68.9 Å². The van der Waals surface area contributed by atoms with Crippen molar-refractivity contribution < 1.29 is 9.53 Å². The van der Waals surface area contributed by atoms with Crippen molar-refractivity contribution in [2.45, 2.75) is 19.5 Å². The molecule has 1 saturated heterocycles. The summed E-state index contributed by atoms with van der Waals surface area (Å²) in [6, 6.07) is 10.4. The first-order valence-electron chi connectivity index (χ1n) is 11.4. The number of aromatic nitrogens is 2. The van der Waals surface area contributed by atoms with E-state index in [0.29, 0.717) is 23.3 Å². The minimum atomic E-state index is -0.151. The van der Waals surface area contributed by atoms with Crippen LogP contribution in [0, 0.1) is 0 Å². The fourth-order valence-electron chi connectivity index (χ4n) is 4.69. The average Bonchev–Trinajstić information content (AvgIpc) is 3.61. The zero-order valence-corrected chi connectivity index (χ0v) is 20.2. The van der Waals surface area contributed by atoms with Gasteiger partial charge in [-0.15, -0.1) is 22.7 Å². The van der Waals surface area contributed by atoms with E-state index in [-0.39, 0.29) is 18.0 Å². The summed E-state index contributed by atoms with van der Waals surface area (Å²) in [5.41, 5.74) is 3.32. The molecule has 1 aromatic carbocycles. The third-order valence-electron chi connectivity index (χ3n) is 6.54. The van der Waals surface area contributed by atoms with E-state index in [1.807, 2.05) is 27.8 Å². The van der Waals surface area contributed by atoms with Gasteiger partial charge in [0.1, 0.15) is 17.1 Å². The predicted molar refractivity (Wildman–Crippen MR) is 135 cm³/mol. The molecule has 0 saturated carbocycles. The van der Waals surface area contributed by atoms with Crippen LogP contribution < -0.4 is 10.3 Å². The highest BCUT2D eigenvalue weighted by Crippen LogP contribution is 2.33. The number of hydrogen-bond donors (Lipinski definition) is 0. The van der Waals surface area contributed by atoms with Crippen molar-refractivity contribution in [3.8, 4) is 16.2 Å². The van der Waals surface area contributed by atoms with E-state index in [1.165, 1.54) is 33.4 Å². The maximum Gasteiger partial charge on any atom is 0.263 e. The largest absolute Gasteiger partial charge is 0.493 e. The van der Waals surface area contributed by atoms with Gasteiger partial charge in [-0.3, -0.25) is 19.1 Å². The third-order valence-corrected chi connectivity index (χ3v) is 8.33. The lowest BCUT2D eigenvalue weighted by Crippen LogP contribution is -2.49. The van der Waals surface area contributed by atoms with Gasteiger partial charge in [-0.25, -0.2) is 4.98 Å². The van der Waals surface area contributed by atoms with Gasteiger partial charge in [0.05, 0.1) is 18.3 Å². The van der Waals surface area contributed by atoms with E-state index in [9.17, 15) is 9.59 Å². The molecule has 2 aliphatic rings. The summed E-state index contributed by atoms with van der Waals surface area (Å²) < 4.78 is 7.05. The first kappa shape index (κ1) is 21.5. The number of rotatable bonds is 5. The molecule has 9 heteroatoms. The Labute approximate surface area is 204 Å². The lowest BCUT2D eigenvalue weighted by Gasteiger charge is -2.35. The molecular formula is C25H24N4O3S2. The molecule has 0 spiro atoms. The fourth-order valence-corrected chi connectivity index (χ4v) is 6.41. The summed E-state index contributed by atoms with van der Waals surface area (Å²) >= 11 is 3.06. The molecule has 0 aliphatic carbocycles. The Bertz CT molecular complexity index is 1400. The maximum absolute atomic E-state index is 13.2. The Hall–Kier alpha value is -3.01. The highest BCUT2D eigenvalue weighted by atomic mass is 32.1. The molecule has 4 aromatic rings. The standard InChI is InChI=1S/C25H24N4O3S2/c30-22(14-29-16-26-24-23(25(29)31)19(15-34-24)21-2-1-11-33-21)28-8-6-27(7-9-28)13-17-3-4-20-18(12-17)5-10-32-20/h1-4,11-12,15-16H,5-10,13-14H2. The minimum absolute atomic E-state index is 0.0202. The summed E-state index contributed by atoms with van der Waals surface area (Å²) in [5, 5.41) is 4.58. The molecule has 5 heterocycles. The summed E-state index contributed by atoms with van der Waals surface area (Å²) in [6.07, 6.45) is 2.48. The van der Waals surface area contributed by atoms with Crippen molar-refractivity contribution in [2.24, 2.45) is 0 Å². The van der Waals surface area contributed by atoms with E-state index in [1.54, 1.807) is 11.3 Å². The molecule has 0 N–H and O–H groups in total. The molecule has 174 valence electrons. The number of amides is 1. The van der Waals surface area contributed by atoms with Crippen LogP contribution in [-0.4, -0.2) is 58.0 Å². The van der Waals surface area contributed by atoms with Gasteiger partial charge in [-0.05, 0) is 28.6 Å². The minimum Gasteiger partial charge on any atom is -0.493 e. The second-order valence-corrected chi connectivity index (χ2v) is 10.5. The Balaban J connectivity index is 1.11. The van der Waals surface area contributed by atoms with Crippen LogP contribution in [-0.2, 0) is 24.3 Å². The zero-order valence-electron chi connectivity index (χ0n) is 18.6. The van der Waals surface area contributed by atoms with Gasteiger partial charge in [-0.1, -0.05) is 18.2 Å². The highest BCUT2D eigenvalue weighted by Gasteiger charge is 2.23. The summed E-state index contributed by atoms with van der Waals surface area (Å²) in [6.45, 7) is 4.63. The van der Waals surface area contributed by atoms with Crippen LogP contribution in [0.1, 0.15) is 11.1 Å². The van der Waals surface area contributed by atoms with Gasteiger partial charge in [0.15, 0.2) is 0 Å². The number of carbonyl (C=O) groups is 1. The Morgan fingerprint density at radius 1 is 1.12 bits per heavy atom. The van der Waals surface area contributed by atoms with E-state index >= 15 is 0 Å². The van der Waals surface area contributed by atoms with Gasteiger partial charge in [0, 0.05) is 55.0 Å². The third kappa shape index (κ3) is 4.04. The molecule has 0 atom stereocenters. The van der Waals surface area contributed by atoms with Crippen molar-refractivity contribution >= 4 is 38.8 Å². The molecule has 34 heavy (non-hydrogen) atoms. The first-order valence-corrected chi connectivity index (χ1v) is 13.2. The average molecular weight is 493 g/mol. The normalized spacial score (nSPS) is 16.1. The summed E-state index contributed by atoms with van der Waals surface area (Å²) in [7, 11) is 0. The van der Waals surface area contributed by atoms with Gasteiger partial charge < -0.3 is 9.64 Å². The van der Waals surface area contributed by atoms with Gasteiger partial charge in [0.2, 0.25) is 5.91 Å². The molecule has 3 aromatic heterocycles. The molecule has 0 bridgehead atoms. The number of ether oxygens (including phenoxy) is 1. The molecule has 0 unspecified atom stereocenters. The second kappa shape index (κ2) is 8.98. The number of fused-ring (bicyclic) bond motifs is 2. The van der Waals surface area contributed by atoms with Crippen LogP contribution in [0.5, 0.6) is 5.75 Å². The Kier molecular flexibility index (Phi) is 5.68. The molecule has 0 radical (unpaired) electrons. The molecule has 1 amide bonds. The topological polar surface area (TPSA) is 67.7 Å².